The van der Waals surface area contributed by atoms with Gasteiger partial charge in [-0.2, -0.15) is 4.98 Å². The second-order valence-electron chi connectivity index (χ2n) is 7.97. The molecule has 2 aromatic carbocycles. The molecule has 8 heteroatoms. The Morgan fingerprint density at radius 1 is 1.06 bits per heavy atom. The van der Waals surface area contributed by atoms with Crippen LogP contribution >= 0.6 is 0 Å². The van der Waals surface area contributed by atoms with E-state index in [4.69, 9.17) is 4.74 Å². The first-order valence-corrected chi connectivity index (χ1v) is 10.8. The Balaban J connectivity index is 1.33. The summed E-state index contributed by atoms with van der Waals surface area (Å²) in [5.74, 6) is 0.620. The molecule has 0 spiro atoms. The SMILES string of the molecule is CN(c1ccc(Oc2nc3cnccc3c(=O)[nH]2)cc1)c1cccc(C(=O)N2CCCC2)c1. The van der Waals surface area contributed by atoms with Crippen molar-refractivity contribution in [2.24, 2.45) is 0 Å². The lowest BCUT2D eigenvalue weighted by atomic mass is 10.1. The molecule has 1 aliphatic heterocycles. The van der Waals surface area contributed by atoms with Crippen LogP contribution < -0.4 is 15.2 Å². The summed E-state index contributed by atoms with van der Waals surface area (Å²) in [6.45, 7) is 1.66. The fraction of sp³-hybridized carbons (Fsp3) is 0.200. The fourth-order valence-corrected chi connectivity index (χ4v) is 3.97. The van der Waals surface area contributed by atoms with Gasteiger partial charge in [-0.05, 0) is 61.4 Å². The van der Waals surface area contributed by atoms with E-state index < -0.39 is 0 Å². The van der Waals surface area contributed by atoms with E-state index >= 15 is 0 Å². The van der Waals surface area contributed by atoms with Crippen LogP contribution in [0.15, 0.2) is 71.8 Å². The predicted octanol–water partition coefficient (Wildman–Crippen LogP) is 4.11. The van der Waals surface area contributed by atoms with Crippen molar-refractivity contribution in [1.29, 1.82) is 0 Å². The number of anilines is 2. The number of carbonyl (C=O) groups excluding carboxylic acids is 1. The number of hydrogen-bond donors (Lipinski definition) is 1. The van der Waals surface area contributed by atoms with E-state index in [-0.39, 0.29) is 17.5 Å². The molecule has 0 aliphatic carbocycles. The van der Waals surface area contributed by atoms with Gasteiger partial charge < -0.3 is 14.5 Å². The lowest BCUT2D eigenvalue weighted by molar-refractivity contribution is 0.0793. The normalized spacial score (nSPS) is 13.3. The van der Waals surface area contributed by atoms with E-state index in [9.17, 15) is 9.59 Å². The van der Waals surface area contributed by atoms with Crippen LogP contribution in [0.5, 0.6) is 11.8 Å². The van der Waals surface area contributed by atoms with E-state index in [1.165, 1.54) is 6.20 Å². The number of nitrogens with zero attached hydrogens (tertiary/aromatic N) is 4. The molecule has 1 N–H and O–H groups in total. The van der Waals surface area contributed by atoms with Gasteiger partial charge in [-0.3, -0.25) is 19.6 Å². The van der Waals surface area contributed by atoms with Crippen molar-refractivity contribution in [3.05, 3.63) is 82.9 Å². The Kier molecular flexibility index (Phi) is 5.48. The molecule has 3 heterocycles. The van der Waals surface area contributed by atoms with Crippen LogP contribution in [0.2, 0.25) is 0 Å². The van der Waals surface area contributed by atoms with E-state index in [2.05, 4.69) is 15.0 Å². The van der Waals surface area contributed by atoms with Crippen LogP contribution in [0.3, 0.4) is 0 Å². The van der Waals surface area contributed by atoms with Crippen LogP contribution in [0, 0.1) is 0 Å². The number of likely N-dealkylation sites (tertiary alicyclic amines) is 1. The zero-order chi connectivity index (χ0) is 22.8. The largest absolute Gasteiger partial charge is 0.426 e. The number of pyridine rings is 1. The highest BCUT2D eigenvalue weighted by Gasteiger charge is 2.20. The average molecular weight is 441 g/mol. The van der Waals surface area contributed by atoms with Gasteiger partial charge >= 0.3 is 6.01 Å². The van der Waals surface area contributed by atoms with Crippen LogP contribution in [0.4, 0.5) is 11.4 Å². The van der Waals surface area contributed by atoms with Crippen molar-refractivity contribution >= 4 is 28.2 Å². The molecule has 0 radical (unpaired) electrons. The fourth-order valence-electron chi connectivity index (χ4n) is 3.97. The van der Waals surface area contributed by atoms with Gasteiger partial charge in [0.1, 0.15) is 5.75 Å². The third-order valence-corrected chi connectivity index (χ3v) is 5.80. The van der Waals surface area contributed by atoms with Gasteiger partial charge in [0.25, 0.3) is 11.5 Å². The molecule has 1 aliphatic rings. The summed E-state index contributed by atoms with van der Waals surface area (Å²) < 4.78 is 5.75. The summed E-state index contributed by atoms with van der Waals surface area (Å²) in [6.07, 6.45) is 5.21. The quantitative estimate of drug-likeness (QED) is 0.501. The van der Waals surface area contributed by atoms with Gasteiger partial charge in [0.2, 0.25) is 0 Å². The molecule has 2 aromatic heterocycles. The third-order valence-electron chi connectivity index (χ3n) is 5.80. The van der Waals surface area contributed by atoms with Crippen molar-refractivity contribution in [2.75, 3.05) is 25.0 Å². The summed E-state index contributed by atoms with van der Waals surface area (Å²) >= 11 is 0. The Morgan fingerprint density at radius 3 is 2.64 bits per heavy atom. The number of aromatic nitrogens is 3. The van der Waals surface area contributed by atoms with Gasteiger partial charge in [0.05, 0.1) is 17.1 Å². The molecule has 4 aromatic rings. The summed E-state index contributed by atoms with van der Waals surface area (Å²) in [6, 6.07) is 16.8. The second-order valence-corrected chi connectivity index (χ2v) is 7.97. The molecule has 1 amide bonds. The molecular formula is C25H23N5O3. The maximum absolute atomic E-state index is 12.7. The standard InChI is InChI=1S/C25H23N5O3/c1-29(19-6-4-5-17(15-19)24(32)30-13-2-3-14-30)18-7-9-20(10-8-18)33-25-27-22-16-26-12-11-21(22)23(31)28-25/h4-12,15-16H,2-3,13-14H2,1H3,(H,27,28,31). The van der Waals surface area contributed by atoms with E-state index in [0.29, 0.717) is 22.2 Å². The molecule has 5 rings (SSSR count). The second kappa shape index (κ2) is 8.74. The van der Waals surface area contributed by atoms with Crippen LogP contribution in [-0.4, -0.2) is 45.9 Å². The van der Waals surface area contributed by atoms with E-state index in [1.807, 2.05) is 53.2 Å². The molecule has 8 nitrogen and oxygen atoms in total. The van der Waals surface area contributed by atoms with Crippen molar-refractivity contribution in [2.45, 2.75) is 12.8 Å². The predicted molar refractivity (Wildman–Crippen MR) is 126 cm³/mol. The smallest absolute Gasteiger partial charge is 0.302 e. The Bertz CT molecular complexity index is 1360. The molecule has 0 bridgehead atoms. The number of carbonyl (C=O) groups is 1. The summed E-state index contributed by atoms with van der Waals surface area (Å²) in [4.78, 5) is 39.8. The van der Waals surface area contributed by atoms with Gasteiger partial charge in [-0.15, -0.1) is 0 Å². The molecule has 166 valence electrons. The van der Waals surface area contributed by atoms with Crippen molar-refractivity contribution in [3.63, 3.8) is 0 Å². The first kappa shape index (κ1) is 20.7. The van der Waals surface area contributed by atoms with Crippen molar-refractivity contribution < 1.29 is 9.53 Å². The topological polar surface area (TPSA) is 91.4 Å². The van der Waals surface area contributed by atoms with Crippen molar-refractivity contribution in [3.8, 4) is 11.8 Å². The number of fused-ring (bicyclic) bond motifs is 1. The average Bonchev–Trinajstić information content (AvgIpc) is 3.39. The van der Waals surface area contributed by atoms with Crippen LogP contribution in [0.25, 0.3) is 10.9 Å². The maximum Gasteiger partial charge on any atom is 0.302 e. The number of hydrogen-bond acceptors (Lipinski definition) is 6. The van der Waals surface area contributed by atoms with Gasteiger partial charge in [-0.1, -0.05) is 6.07 Å². The number of nitrogens with one attached hydrogen (secondary N) is 1. The van der Waals surface area contributed by atoms with Gasteiger partial charge in [0.15, 0.2) is 0 Å². The Labute approximate surface area is 190 Å². The minimum atomic E-state index is -0.280. The maximum atomic E-state index is 12.7. The van der Waals surface area contributed by atoms with Gasteiger partial charge in [-0.25, -0.2) is 0 Å². The molecule has 0 atom stereocenters. The number of aromatic amines is 1. The lowest BCUT2D eigenvalue weighted by Crippen LogP contribution is -2.27. The molecule has 0 saturated carbocycles. The highest BCUT2D eigenvalue weighted by Crippen LogP contribution is 2.28. The van der Waals surface area contributed by atoms with E-state index in [0.717, 1.165) is 37.3 Å². The molecule has 1 saturated heterocycles. The monoisotopic (exact) mass is 441 g/mol. The highest BCUT2D eigenvalue weighted by atomic mass is 16.5. The zero-order valence-corrected chi connectivity index (χ0v) is 18.2. The molecule has 33 heavy (non-hydrogen) atoms. The number of amides is 1. The Morgan fingerprint density at radius 2 is 1.85 bits per heavy atom. The lowest BCUT2D eigenvalue weighted by Gasteiger charge is -2.21. The van der Waals surface area contributed by atoms with Crippen molar-refractivity contribution in [1.82, 2.24) is 19.9 Å². The van der Waals surface area contributed by atoms with Crippen LogP contribution in [-0.2, 0) is 0 Å². The molecule has 1 fully saturated rings. The minimum Gasteiger partial charge on any atom is -0.426 e. The number of ether oxygens (including phenoxy) is 1. The summed E-state index contributed by atoms with van der Waals surface area (Å²) in [5.41, 5.74) is 2.73. The number of H-pyrrole nitrogens is 1. The molecular weight excluding hydrogens is 418 g/mol. The number of rotatable bonds is 5. The first-order valence-electron chi connectivity index (χ1n) is 10.8. The summed E-state index contributed by atoms with van der Waals surface area (Å²) in [7, 11) is 1.95. The van der Waals surface area contributed by atoms with Crippen LogP contribution in [0.1, 0.15) is 23.2 Å². The molecule has 0 unspecified atom stereocenters. The van der Waals surface area contributed by atoms with E-state index in [1.54, 1.807) is 24.4 Å². The van der Waals surface area contributed by atoms with Gasteiger partial charge in [0, 0.05) is 43.3 Å². The number of benzene rings is 2. The third kappa shape index (κ3) is 4.27. The highest BCUT2D eigenvalue weighted by molar-refractivity contribution is 5.95. The minimum absolute atomic E-state index is 0.0820. The zero-order valence-electron chi connectivity index (χ0n) is 18.2. The Hall–Kier alpha value is -4.20. The first-order chi connectivity index (χ1) is 16.1. The summed E-state index contributed by atoms with van der Waals surface area (Å²) in [5, 5.41) is 0.458.